The quantitative estimate of drug-likeness (QED) is 0.767. The molecule has 1 aliphatic carbocycles. The van der Waals surface area contributed by atoms with E-state index < -0.39 is 0 Å². The minimum Gasteiger partial charge on any atom is -0.317 e. The van der Waals surface area contributed by atoms with Crippen molar-refractivity contribution < 1.29 is 0 Å². The number of hydrogen-bond donors (Lipinski definition) is 1. The van der Waals surface area contributed by atoms with Gasteiger partial charge in [-0.15, -0.1) is 0 Å². The van der Waals surface area contributed by atoms with Crippen LogP contribution in [0.5, 0.6) is 0 Å². The van der Waals surface area contributed by atoms with Crippen molar-refractivity contribution in [1.29, 1.82) is 0 Å². The maximum Gasteiger partial charge on any atom is 0.0117 e. The lowest BCUT2D eigenvalue weighted by Gasteiger charge is -2.45. The molecule has 2 heteroatoms. The van der Waals surface area contributed by atoms with E-state index in [4.69, 9.17) is 0 Å². The van der Waals surface area contributed by atoms with Gasteiger partial charge in [0, 0.05) is 18.6 Å². The zero-order valence-corrected chi connectivity index (χ0v) is 10.5. The summed E-state index contributed by atoms with van der Waals surface area (Å²) in [6.07, 6.45) is 5.76. The predicted octanol–water partition coefficient (Wildman–Crippen LogP) is 2.10. The summed E-state index contributed by atoms with van der Waals surface area (Å²) >= 11 is 0. The van der Waals surface area contributed by atoms with E-state index >= 15 is 0 Å². The lowest BCUT2D eigenvalue weighted by Crippen LogP contribution is -2.54. The minimum atomic E-state index is 0.734. The number of hydrogen-bond acceptors (Lipinski definition) is 2. The van der Waals surface area contributed by atoms with Crippen molar-refractivity contribution in [2.45, 2.75) is 51.6 Å². The van der Waals surface area contributed by atoms with Crippen LogP contribution >= 0.6 is 0 Å². The fourth-order valence-electron chi connectivity index (χ4n) is 3.11. The zero-order valence-electron chi connectivity index (χ0n) is 10.5. The molecular weight excluding hydrogens is 184 g/mol. The number of piperidine rings is 1. The fourth-order valence-corrected chi connectivity index (χ4v) is 3.11. The van der Waals surface area contributed by atoms with Crippen LogP contribution in [0.25, 0.3) is 0 Å². The van der Waals surface area contributed by atoms with Gasteiger partial charge in [0.1, 0.15) is 0 Å². The molecule has 0 radical (unpaired) electrons. The van der Waals surface area contributed by atoms with E-state index in [1.807, 2.05) is 0 Å². The number of nitrogens with one attached hydrogen (secondary N) is 1. The van der Waals surface area contributed by atoms with Crippen LogP contribution in [-0.4, -0.2) is 37.1 Å². The second-order valence-corrected chi connectivity index (χ2v) is 5.58. The first kappa shape index (κ1) is 11.4. The summed E-state index contributed by atoms with van der Waals surface area (Å²) in [6.45, 7) is 7.47. The summed E-state index contributed by atoms with van der Waals surface area (Å²) in [5, 5.41) is 3.46. The Hall–Kier alpha value is -0.0800. The van der Waals surface area contributed by atoms with Gasteiger partial charge in [-0.25, -0.2) is 0 Å². The summed E-state index contributed by atoms with van der Waals surface area (Å²) in [5.41, 5.74) is 0. The smallest absolute Gasteiger partial charge is 0.0117 e. The third-order valence-electron chi connectivity index (χ3n) is 4.79. The lowest BCUT2D eigenvalue weighted by molar-refractivity contribution is 0.0584. The molecule has 0 aromatic carbocycles. The Morgan fingerprint density at radius 3 is 2.47 bits per heavy atom. The number of nitrogens with zero attached hydrogens (tertiary/aromatic N) is 1. The van der Waals surface area contributed by atoms with E-state index in [-0.39, 0.29) is 0 Å². The second kappa shape index (κ2) is 4.84. The Balaban J connectivity index is 1.85. The highest BCUT2D eigenvalue weighted by Gasteiger charge is 2.33. The van der Waals surface area contributed by atoms with Gasteiger partial charge in [-0.3, -0.25) is 0 Å². The van der Waals surface area contributed by atoms with Crippen molar-refractivity contribution in [3.05, 3.63) is 0 Å². The SMILES string of the molecule is CNC1CCN(CC2CCC2)C(C)C1C. The molecule has 2 nitrogen and oxygen atoms in total. The average molecular weight is 210 g/mol. The molecule has 15 heavy (non-hydrogen) atoms. The third kappa shape index (κ3) is 2.36. The molecule has 1 N–H and O–H groups in total. The van der Waals surface area contributed by atoms with Crippen molar-refractivity contribution in [1.82, 2.24) is 10.2 Å². The van der Waals surface area contributed by atoms with Crippen LogP contribution in [0.1, 0.15) is 39.5 Å². The minimum absolute atomic E-state index is 0.734. The highest BCUT2D eigenvalue weighted by atomic mass is 15.2. The first-order valence-corrected chi connectivity index (χ1v) is 6.63. The molecular formula is C13H26N2. The van der Waals surface area contributed by atoms with E-state index in [2.05, 4.69) is 31.1 Å². The molecule has 1 saturated carbocycles. The summed E-state index contributed by atoms with van der Waals surface area (Å²) < 4.78 is 0. The van der Waals surface area contributed by atoms with E-state index in [0.717, 1.165) is 23.9 Å². The first-order valence-electron chi connectivity index (χ1n) is 6.63. The van der Waals surface area contributed by atoms with Crippen LogP contribution in [0.4, 0.5) is 0 Å². The maximum absolute atomic E-state index is 3.46. The fraction of sp³-hybridized carbons (Fsp3) is 1.00. The molecule has 2 aliphatic rings. The van der Waals surface area contributed by atoms with Gasteiger partial charge in [-0.05, 0) is 51.6 Å². The largest absolute Gasteiger partial charge is 0.317 e. The van der Waals surface area contributed by atoms with E-state index in [1.54, 1.807) is 0 Å². The molecule has 3 atom stereocenters. The van der Waals surface area contributed by atoms with E-state index in [9.17, 15) is 0 Å². The summed E-state index contributed by atoms with van der Waals surface area (Å²) in [6, 6.07) is 1.49. The normalized spacial score (nSPS) is 39.0. The van der Waals surface area contributed by atoms with Gasteiger partial charge in [0.15, 0.2) is 0 Å². The summed E-state index contributed by atoms with van der Waals surface area (Å²) in [4.78, 5) is 2.72. The monoisotopic (exact) mass is 210 g/mol. The maximum atomic E-state index is 3.46. The molecule has 0 aromatic rings. The van der Waals surface area contributed by atoms with Crippen molar-refractivity contribution >= 4 is 0 Å². The summed E-state index contributed by atoms with van der Waals surface area (Å²) in [5.74, 6) is 1.81. The van der Waals surface area contributed by atoms with Crippen LogP contribution in [0, 0.1) is 11.8 Å². The molecule has 88 valence electrons. The van der Waals surface area contributed by atoms with Gasteiger partial charge in [0.05, 0.1) is 0 Å². The van der Waals surface area contributed by atoms with Crippen molar-refractivity contribution in [3.8, 4) is 0 Å². The first-order chi connectivity index (χ1) is 7.22. The van der Waals surface area contributed by atoms with Gasteiger partial charge in [-0.1, -0.05) is 13.3 Å². The lowest BCUT2D eigenvalue weighted by atomic mass is 9.82. The van der Waals surface area contributed by atoms with Gasteiger partial charge in [0.25, 0.3) is 0 Å². The average Bonchev–Trinajstić information content (AvgIpc) is 2.18. The van der Waals surface area contributed by atoms with Crippen molar-refractivity contribution in [2.24, 2.45) is 11.8 Å². The van der Waals surface area contributed by atoms with Crippen molar-refractivity contribution in [3.63, 3.8) is 0 Å². The van der Waals surface area contributed by atoms with E-state index in [0.29, 0.717) is 0 Å². The summed E-state index contributed by atoms with van der Waals surface area (Å²) in [7, 11) is 2.11. The molecule has 0 bridgehead atoms. The van der Waals surface area contributed by atoms with Crippen LogP contribution in [0.3, 0.4) is 0 Å². The molecule has 1 saturated heterocycles. The molecule has 0 aromatic heterocycles. The van der Waals surface area contributed by atoms with Crippen LogP contribution in [0.15, 0.2) is 0 Å². The third-order valence-corrected chi connectivity index (χ3v) is 4.79. The molecule has 1 heterocycles. The Labute approximate surface area is 94.4 Å². The van der Waals surface area contributed by atoms with Gasteiger partial charge in [0.2, 0.25) is 0 Å². The molecule has 0 spiro atoms. The number of rotatable bonds is 3. The Kier molecular flexibility index (Phi) is 3.68. The molecule has 2 rings (SSSR count). The Morgan fingerprint density at radius 1 is 1.20 bits per heavy atom. The van der Waals surface area contributed by atoms with Gasteiger partial charge < -0.3 is 10.2 Å². The number of likely N-dealkylation sites (tertiary alicyclic amines) is 1. The molecule has 3 unspecified atom stereocenters. The Morgan fingerprint density at radius 2 is 1.93 bits per heavy atom. The topological polar surface area (TPSA) is 15.3 Å². The van der Waals surface area contributed by atoms with Crippen molar-refractivity contribution in [2.75, 3.05) is 20.1 Å². The predicted molar refractivity (Wildman–Crippen MR) is 65.0 cm³/mol. The zero-order chi connectivity index (χ0) is 10.8. The standard InChI is InChI=1S/C13H26N2/c1-10-11(2)15(8-7-13(10)14-3)9-12-5-4-6-12/h10-14H,4-9H2,1-3H3. The van der Waals surface area contributed by atoms with Gasteiger partial charge in [-0.2, -0.15) is 0 Å². The molecule has 1 aliphatic heterocycles. The second-order valence-electron chi connectivity index (χ2n) is 5.58. The highest BCUT2D eigenvalue weighted by Crippen LogP contribution is 2.31. The van der Waals surface area contributed by atoms with E-state index in [1.165, 1.54) is 38.8 Å². The van der Waals surface area contributed by atoms with Crippen LogP contribution in [0.2, 0.25) is 0 Å². The molecule has 0 amide bonds. The Bertz CT molecular complexity index is 201. The highest BCUT2D eigenvalue weighted by molar-refractivity contribution is 4.89. The van der Waals surface area contributed by atoms with Gasteiger partial charge >= 0.3 is 0 Å². The molecule has 2 fully saturated rings. The van der Waals surface area contributed by atoms with Crippen LogP contribution in [-0.2, 0) is 0 Å². The van der Waals surface area contributed by atoms with Crippen LogP contribution < -0.4 is 5.32 Å².